The zero-order chi connectivity index (χ0) is 18.0. The van der Waals surface area contributed by atoms with Crippen LogP contribution in [0.25, 0.3) is 0 Å². The Balaban J connectivity index is 1.56. The van der Waals surface area contributed by atoms with E-state index in [1.54, 1.807) is 4.90 Å². The first kappa shape index (κ1) is 18.1. The summed E-state index contributed by atoms with van der Waals surface area (Å²) < 4.78 is 10.4. The number of carbonyl (C=O) groups is 3. The van der Waals surface area contributed by atoms with Crippen molar-refractivity contribution in [2.45, 2.75) is 43.5 Å². The number of rotatable bonds is 6. The molecular weight excluding hydrogens is 333 g/mol. The molecule has 3 aliphatic heterocycles. The quantitative estimate of drug-likeness (QED) is 0.376. The van der Waals surface area contributed by atoms with Gasteiger partial charge < -0.3 is 35.1 Å². The average Bonchev–Trinajstić information content (AvgIpc) is 3.31. The summed E-state index contributed by atoms with van der Waals surface area (Å²) in [6.45, 7) is 2.47. The molecule has 3 fully saturated rings. The Kier molecular flexibility index (Phi) is 5.57. The molecule has 3 aliphatic rings. The van der Waals surface area contributed by atoms with E-state index in [-0.39, 0.29) is 18.5 Å². The van der Waals surface area contributed by atoms with Crippen LogP contribution in [0.4, 0.5) is 0 Å². The summed E-state index contributed by atoms with van der Waals surface area (Å²) >= 11 is 0. The van der Waals surface area contributed by atoms with E-state index in [2.05, 4.69) is 10.6 Å². The van der Waals surface area contributed by atoms with Crippen LogP contribution in [-0.2, 0) is 23.7 Å². The highest BCUT2D eigenvalue weighted by Crippen LogP contribution is 2.26. The molecule has 0 aromatic carbocycles. The first-order valence-corrected chi connectivity index (χ1v) is 8.48. The minimum Gasteiger partial charge on any atom is -0.506 e. The molecule has 2 unspecified atom stereocenters. The number of carbonyl (C=O) groups excluding carboxylic acids is 2. The molecule has 25 heavy (non-hydrogen) atoms. The highest BCUT2D eigenvalue weighted by molar-refractivity contribution is 6.51. The van der Waals surface area contributed by atoms with Crippen molar-refractivity contribution in [2.24, 2.45) is 0 Å². The molecule has 0 bridgehead atoms. The standard InChI is InChI=1S/C14H22BN3O7/c19-10(7-17-8-3-4-16-6-8)18-5-1-2-9(18)15-24-12(14(23)25-15)11(20)13(21)22/h8-9,11-12,16-17,20H,1-7H2,(H,21,22)/t8-,9+,11?,12?/m1/s1. The van der Waals surface area contributed by atoms with Gasteiger partial charge in [-0.05, 0) is 25.8 Å². The lowest BCUT2D eigenvalue weighted by Crippen LogP contribution is -2.50. The predicted octanol–water partition coefficient (Wildman–Crippen LogP) is -2.66. The summed E-state index contributed by atoms with van der Waals surface area (Å²) in [6.07, 6.45) is -1.26. The molecule has 11 heteroatoms. The van der Waals surface area contributed by atoms with Gasteiger partial charge in [0, 0.05) is 19.1 Å². The number of amides is 1. The lowest BCUT2D eigenvalue weighted by Gasteiger charge is -2.26. The van der Waals surface area contributed by atoms with Crippen LogP contribution in [-0.4, -0.2) is 90.4 Å². The van der Waals surface area contributed by atoms with Crippen molar-refractivity contribution < 1.29 is 33.9 Å². The van der Waals surface area contributed by atoms with E-state index in [4.69, 9.17) is 14.4 Å². The summed E-state index contributed by atoms with van der Waals surface area (Å²) in [5, 5.41) is 24.7. The summed E-state index contributed by atoms with van der Waals surface area (Å²) in [4.78, 5) is 36.7. The summed E-state index contributed by atoms with van der Waals surface area (Å²) in [5.41, 5.74) is 0. The molecular formula is C14H22BN3O7. The minimum absolute atomic E-state index is 0.115. The summed E-state index contributed by atoms with van der Waals surface area (Å²) in [5.74, 6) is -3.06. The van der Waals surface area contributed by atoms with Gasteiger partial charge in [-0.15, -0.1) is 0 Å². The fraction of sp³-hybridized carbons (Fsp3) is 0.786. The molecule has 0 aliphatic carbocycles. The van der Waals surface area contributed by atoms with Gasteiger partial charge in [0.2, 0.25) is 5.91 Å². The van der Waals surface area contributed by atoms with Gasteiger partial charge >= 0.3 is 19.1 Å². The number of likely N-dealkylation sites (tertiary alicyclic amines) is 1. The highest BCUT2D eigenvalue weighted by Gasteiger charge is 2.53. The van der Waals surface area contributed by atoms with Gasteiger partial charge in [-0.3, -0.25) is 9.59 Å². The van der Waals surface area contributed by atoms with E-state index in [1.807, 2.05) is 0 Å². The van der Waals surface area contributed by atoms with E-state index >= 15 is 0 Å². The van der Waals surface area contributed by atoms with Crippen LogP contribution in [0, 0.1) is 0 Å². The lowest BCUT2D eigenvalue weighted by atomic mass is 9.77. The van der Waals surface area contributed by atoms with Gasteiger partial charge in [-0.25, -0.2) is 4.79 Å². The zero-order valence-electron chi connectivity index (χ0n) is 13.7. The van der Waals surface area contributed by atoms with Gasteiger partial charge in [0.15, 0.2) is 12.2 Å². The van der Waals surface area contributed by atoms with Crippen molar-refractivity contribution in [2.75, 3.05) is 26.2 Å². The number of carboxylic acids is 1. The largest absolute Gasteiger partial charge is 0.552 e. The normalized spacial score (nSPS) is 30.6. The topological polar surface area (TPSA) is 137 Å². The van der Waals surface area contributed by atoms with Crippen LogP contribution in [0.5, 0.6) is 0 Å². The second kappa shape index (κ2) is 7.69. The third-order valence-corrected chi connectivity index (χ3v) is 4.82. The first-order chi connectivity index (χ1) is 12.0. The number of nitrogens with one attached hydrogen (secondary N) is 2. The molecule has 0 aromatic rings. The molecule has 3 rings (SSSR count). The fourth-order valence-electron chi connectivity index (χ4n) is 3.46. The van der Waals surface area contributed by atoms with E-state index in [1.165, 1.54) is 0 Å². The smallest absolute Gasteiger partial charge is 0.506 e. The third-order valence-electron chi connectivity index (χ3n) is 4.82. The monoisotopic (exact) mass is 355 g/mol. The molecule has 1 amide bonds. The Morgan fingerprint density at radius 1 is 1.44 bits per heavy atom. The average molecular weight is 355 g/mol. The van der Waals surface area contributed by atoms with Crippen LogP contribution in [0.1, 0.15) is 19.3 Å². The molecule has 0 spiro atoms. The van der Waals surface area contributed by atoms with Crippen molar-refractivity contribution in [1.82, 2.24) is 15.5 Å². The van der Waals surface area contributed by atoms with Crippen molar-refractivity contribution in [1.29, 1.82) is 0 Å². The van der Waals surface area contributed by atoms with Crippen molar-refractivity contribution in [3.05, 3.63) is 0 Å². The molecule has 10 nitrogen and oxygen atoms in total. The molecule has 0 radical (unpaired) electrons. The Morgan fingerprint density at radius 2 is 2.24 bits per heavy atom. The maximum atomic E-state index is 12.5. The molecule has 138 valence electrons. The molecule has 0 aromatic heterocycles. The maximum Gasteiger partial charge on any atom is 0.552 e. The second-order valence-electron chi connectivity index (χ2n) is 6.51. The Hall–Kier alpha value is -1.69. The molecule has 3 saturated heterocycles. The Morgan fingerprint density at radius 3 is 2.92 bits per heavy atom. The fourth-order valence-corrected chi connectivity index (χ4v) is 3.46. The molecule has 4 atom stereocenters. The van der Waals surface area contributed by atoms with Crippen molar-refractivity contribution in [3.8, 4) is 0 Å². The van der Waals surface area contributed by atoms with Crippen LogP contribution in [0.3, 0.4) is 0 Å². The van der Waals surface area contributed by atoms with E-state index in [9.17, 15) is 19.5 Å². The van der Waals surface area contributed by atoms with Gasteiger partial charge in [-0.1, -0.05) is 0 Å². The summed E-state index contributed by atoms with van der Waals surface area (Å²) in [6, 6.07) is 0.264. The van der Waals surface area contributed by atoms with Crippen LogP contribution in [0.15, 0.2) is 0 Å². The van der Waals surface area contributed by atoms with Gasteiger partial charge in [0.25, 0.3) is 0 Å². The Labute approximate surface area is 145 Å². The number of aliphatic hydroxyl groups is 1. The van der Waals surface area contributed by atoms with Crippen molar-refractivity contribution >= 4 is 25.0 Å². The van der Waals surface area contributed by atoms with Crippen LogP contribution >= 0.6 is 0 Å². The first-order valence-electron chi connectivity index (χ1n) is 8.48. The van der Waals surface area contributed by atoms with Gasteiger partial charge in [-0.2, -0.15) is 0 Å². The molecule has 4 N–H and O–H groups in total. The number of hydrogen-bond acceptors (Lipinski definition) is 8. The van der Waals surface area contributed by atoms with E-state index < -0.39 is 37.2 Å². The van der Waals surface area contributed by atoms with Gasteiger partial charge in [0.05, 0.1) is 12.5 Å². The van der Waals surface area contributed by atoms with Crippen LogP contribution < -0.4 is 10.6 Å². The van der Waals surface area contributed by atoms with E-state index in [0.29, 0.717) is 13.0 Å². The number of carboxylic acid groups (broad SMARTS) is 1. The second-order valence-corrected chi connectivity index (χ2v) is 6.51. The highest BCUT2D eigenvalue weighted by atomic mass is 16.7. The number of nitrogens with zero attached hydrogens (tertiary/aromatic N) is 1. The lowest BCUT2D eigenvalue weighted by molar-refractivity contribution is -0.157. The van der Waals surface area contributed by atoms with E-state index in [0.717, 1.165) is 25.9 Å². The number of hydrogen-bond donors (Lipinski definition) is 4. The minimum atomic E-state index is -1.99. The molecule has 0 saturated carbocycles. The SMILES string of the molecule is O=C(O)C(O)C1OB([C@@H]2CCCN2C(=O)CN[C@@H]2CCNC2)OC1=O. The van der Waals surface area contributed by atoms with Crippen LogP contribution in [0.2, 0.25) is 0 Å². The predicted molar refractivity (Wildman–Crippen MR) is 84.4 cm³/mol. The maximum absolute atomic E-state index is 12.5. The molecule has 3 heterocycles. The number of aliphatic carboxylic acids is 1. The van der Waals surface area contributed by atoms with Gasteiger partial charge in [0.1, 0.15) is 0 Å². The van der Waals surface area contributed by atoms with Crippen molar-refractivity contribution in [3.63, 3.8) is 0 Å². The zero-order valence-corrected chi connectivity index (χ0v) is 13.7. The third kappa shape index (κ3) is 3.95. The Bertz CT molecular complexity index is 543. The summed E-state index contributed by atoms with van der Waals surface area (Å²) in [7, 11) is -1.05. The number of aliphatic hydroxyl groups excluding tert-OH is 1.